The number of aryl methyl sites for hydroxylation is 2. The number of hydrogen-bond donors (Lipinski definition) is 1. The highest BCUT2D eigenvalue weighted by atomic mass is 15.3. The Morgan fingerprint density at radius 2 is 1.94 bits per heavy atom. The molecule has 0 fully saturated rings. The van der Waals surface area contributed by atoms with Crippen LogP contribution < -0.4 is 5.32 Å². The molecule has 1 aromatic carbocycles. The van der Waals surface area contributed by atoms with Gasteiger partial charge in [-0.2, -0.15) is 5.10 Å². The van der Waals surface area contributed by atoms with E-state index in [2.05, 4.69) is 47.8 Å². The van der Waals surface area contributed by atoms with Crippen molar-refractivity contribution in [3.63, 3.8) is 0 Å². The summed E-state index contributed by atoms with van der Waals surface area (Å²) in [5.74, 6) is 0. The average Bonchev–Trinajstić information content (AvgIpc) is 2.72. The van der Waals surface area contributed by atoms with Crippen LogP contribution in [-0.4, -0.2) is 16.8 Å². The lowest BCUT2D eigenvalue weighted by Gasteiger charge is -2.02. The lowest BCUT2D eigenvalue weighted by molar-refractivity contribution is 0.812. The van der Waals surface area contributed by atoms with Crippen LogP contribution in [0.1, 0.15) is 23.7 Å². The number of benzene rings is 1. The van der Waals surface area contributed by atoms with Crippen molar-refractivity contribution >= 4 is 0 Å². The van der Waals surface area contributed by atoms with E-state index in [1.165, 1.54) is 11.1 Å². The van der Waals surface area contributed by atoms with Crippen LogP contribution >= 0.6 is 0 Å². The molecule has 90 valence electrons. The molecule has 0 atom stereocenters. The van der Waals surface area contributed by atoms with Gasteiger partial charge in [0.05, 0.1) is 11.4 Å². The van der Waals surface area contributed by atoms with Crippen LogP contribution in [0.3, 0.4) is 0 Å². The second kappa shape index (κ2) is 5.15. The van der Waals surface area contributed by atoms with E-state index in [9.17, 15) is 0 Å². The highest BCUT2D eigenvalue weighted by molar-refractivity contribution is 5.35. The minimum atomic E-state index is 0.860. The third-order valence-corrected chi connectivity index (χ3v) is 2.98. The topological polar surface area (TPSA) is 29.9 Å². The standard InChI is InChI=1S/C14H19N3/c1-4-12-5-7-14(8-6-12)17-10-13(9-15-3)11(2)16-17/h5-8,10,15H,4,9H2,1-3H3. The van der Waals surface area contributed by atoms with Crippen molar-refractivity contribution in [1.82, 2.24) is 15.1 Å². The van der Waals surface area contributed by atoms with Crippen molar-refractivity contribution < 1.29 is 0 Å². The van der Waals surface area contributed by atoms with E-state index in [0.717, 1.165) is 24.3 Å². The third kappa shape index (κ3) is 2.56. The number of nitrogens with zero attached hydrogens (tertiary/aromatic N) is 2. The van der Waals surface area contributed by atoms with Crippen LogP contribution in [0.4, 0.5) is 0 Å². The first-order valence-electron chi connectivity index (χ1n) is 6.03. The summed E-state index contributed by atoms with van der Waals surface area (Å²) >= 11 is 0. The van der Waals surface area contributed by atoms with Gasteiger partial charge in [0.2, 0.25) is 0 Å². The molecule has 0 saturated carbocycles. The fraction of sp³-hybridized carbons (Fsp3) is 0.357. The van der Waals surface area contributed by atoms with E-state index in [1.54, 1.807) is 0 Å². The zero-order valence-corrected chi connectivity index (χ0v) is 10.7. The average molecular weight is 229 g/mol. The van der Waals surface area contributed by atoms with Gasteiger partial charge < -0.3 is 5.32 Å². The van der Waals surface area contributed by atoms with Gasteiger partial charge in [0.15, 0.2) is 0 Å². The van der Waals surface area contributed by atoms with Crippen molar-refractivity contribution in [2.75, 3.05) is 7.05 Å². The van der Waals surface area contributed by atoms with Gasteiger partial charge in [-0.25, -0.2) is 4.68 Å². The Labute approximate surface area is 102 Å². The maximum Gasteiger partial charge on any atom is 0.0645 e. The van der Waals surface area contributed by atoms with Crippen LogP contribution in [0.2, 0.25) is 0 Å². The fourth-order valence-electron chi connectivity index (χ4n) is 1.88. The van der Waals surface area contributed by atoms with Crippen LogP contribution in [0, 0.1) is 6.92 Å². The summed E-state index contributed by atoms with van der Waals surface area (Å²) in [4.78, 5) is 0. The molecule has 1 N–H and O–H groups in total. The second-order valence-corrected chi connectivity index (χ2v) is 4.23. The van der Waals surface area contributed by atoms with E-state index in [1.807, 2.05) is 18.7 Å². The Kier molecular flexibility index (Phi) is 3.59. The first kappa shape index (κ1) is 11.9. The molecule has 0 bridgehead atoms. The lowest BCUT2D eigenvalue weighted by atomic mass is 10.1. The first-order valence-corrected chi connectivity index (χ1v) is 6.03. The maximum atomic E-state index is 4.53. The van der Waals surface area contributed by atoms with E-state index >= 15 is 0 Å². The summed E-state index contributed by atoms with van der Waals surface area (Å²) in [5.41, 5.74) is 4.80. The molecule has 0 unspecified atom stereocenters. The van der Waals surface area contributed by atoms with Gasteiger partial charge in [-0.15, -0.1) is 0 Å². The fourth-order valence-corrected chi connectivity index (χ4v) is 1.88. The third-order valence-electron chi connectivity index (χ3n) is 2.98. The molecular formula is C14H19N3. The summed E-state index contributed by atoms with van der Waals surface area (Å²) in [5, 5.41) is 7.69. The summed E-state index contributed by atoms with van der Waals surface area (Å²) in [6.07, 6.45) is 3.16. The zero-order chi connectivity index (χ0) is 12.3. The molecule has 2 aromatic rings. The monoisotopic (exact) mass is 229 g/mol. The van der Waals surface area contributed by atoms with Gasteiger partial charge in [-0.05, 0) is 38.1 Å². The molecule has 0 amide bonds. The summed E-state index contributed by atoms with van der Waals surface area (Å²) in [6.45, 7) is 5.07. The molecule has 0 aliphatic heterocycles. The summed E-state index contributed by atoms with van der Waals surface area (Å²) < 4.78 is 1.95. The van der Waals surface area contributed by atoms with Crippen LogP contribution in [0.5, 0.6) is 0 Å². The minimum absolute atomic E-state index is 0.860. The van der Waals surface area contributed by atoms with Crippen molar-refractivity contribution in [3.05, 3.63) is 47.3 Å². The predicted octanol–water partition coefficient (Wildman–Crippen LogP) is 2.46. The van der Waals surface area contributed by atoms with Crippen molar-refractivity contribution in [2.24, 2.45) is 0 Å². The van der Waals surface area contributed by atoms with Crippen LogP contribution in [-0.2, 0) is 13.0 Å². The van der Waals surface area contributed by atoms with E-state index < -0.39 is 0 Å². The molecule has 0 radical (unpaired) electrons. The van der Waals surface area contributed by atoms with E-state index in [-0.39, 0.29) is 0 Å². The Morgan fingerprint density at radius 1 is 1.24 bits per heavy atom. The van der Waals surface area contributed by atoms with E-state index in [0.29, 0.717) is 0 Å². The van der Waals surface area contributed by atoms with Crippen molar-refractivity contribution in [2.45, 2.75) is 26.8 Å². The Balaban J connectivity index is 2.29. The normalized spacial score (nSPS) is 10.8. The number of nitrogens with one attached hydrogen (secondary N) is 1. The Morgan fingerprint density at radius 3 is 2.53 bits per heavy atom. The second-order valence-electron chi connectivity index (χ2n) is 4.23. The molecule has 17 heavy (non-hydrogen) atoms. The smallest absolute Gasteiger partial charge is 0.0645 e. The van der Waals surface area contributed by atoms with Crippen molar-refractivity contribution in [1.29, 1.82) is 0 Å². The van der Waals surface area contributed by atoms with Gasteiger partial charge in [-0.1, -0.05) is 19.1 Å². The molecule has 3 heteroatoms. The number of hydrogen-bond acceptors (Lipinski definition) is 2. The van der Waals surface area contributed by atoms with Gasteiger partial charge in [0, 0.05) is 18.3 Å². The van der Waals surface area contributed by atoms with Gasteiger partial charge in [0.1, 0.15) is 0 Å². The summed E-state index contributed by atoms with van der Waals surface area (Å²) in [7, 11) is 1.95. The molecule has 1 aromatic heterocycles. The molecule has 2 rings (SSSR count). The summed E-state index contributed by atoms with van der Waals surface area (Å²) in [6, 6.07) is 8.55. The quantitative estimate of drug-likeness (QED) is 0.872. The molecule has 0 aliphatic carbocycles. The number of rotatable bonds is 4. The van der Waals surface area contributed by atoms with Gasteiger partial charge >= 0.3 is 0 Å². The molecule has 0 aliphatic rings. The minimum Gasteiger partial charge on any atom is -0.316 e. The van der Waals surface area contributed by atoms with Crippen molar-refractivity contribution in [3.8, 4) is 5.69 Å². The number of aromatic nitrogens is 2. The highest BCUT2D eigenvalue weighted by Crippen LogP contribution is 2.13. The molecular weight excluding hydrogens is 210 g/mol. The molecule has 0 saturated heterocycles. The Hall–Kier alpha value is -1.61. The van der Waals surface area contributed by atoms with Crippen LogP contribution in [0.25, 0.3) is 5.69 Å². The first-order chi connectivity index (χ1) is 8.24. The largest absolute Gasteiger partial charge is 0.316 e. The lowest BCUT2D eigenvalue weighted by Crippen LogP contribution is -2.05. The molecule has 3 nitrogen and oxygen atoms in total. The van der Waals surface area contributed by atoms with Gasteiger partial charge in [0.25, 0.3) is 0 Å². The maximum absolute atomic E-state index is 4.53. The SMILES string of the molecule is CCc1ccc(-n2cc(CNC)c(C)n2)cc1. The Bertz CT molecular complexity index is 483. The zero-order valence-electron chi connectivity index (χ0n) is 10.7. The molecule has 0 spiro atoms. The highest BCUT2D eigenvalue weighted by Gasteiger charge is 2.05. The molecule has 1 heterocycles. The van der Waals surface area contributed by atoms with Crippen LogP contribution in [0.15, 0.2) is 30.5 Å². The van der Waals surface area contributed by atoms with Gasteiger partial charge in [-0.3, -0.25) is 0 Å². The van der Waals surface area contributed by atoms with E-state index in [4.69, 9.17) is 0 Å². The predicted molar refractivity (Wildman–Crippen MR) is 70.4 cm³/mol.